The maximum atomic E-state index is 11.9. The van der Waals surface area contributed by atoms with Crippen molar-refractivity contribution in [2.45, 2.75) is 32.3 Å². The predicted octanol–water partition coefficient (Wildman–Crippen LogP) is 3.33. The second-order valence-electron chi connectivity index (χ2n) is 11.0. The summed E-state index contributed by atoms with van der Waals surface area (Å²) < 4.78 is 12.6. The minimum absolute atomic E-state index is 0. The maximum absolute atomic E-state index is 11.9. The van der Waals surface area contributed by atoms with E-state index in [2.05, 4.69) is 24.9 Å². The molecular weight excluding hydrogens is 895 g/mol. The third kappa shape index (κ3) is 14.0. The fourth-order valence-electron chi connectivity index (χ4n) is 4.58. The number of benzene rings is 2. The molecule has 0 unspecified atom stereocenters. The Bertz CT molecular complexity index is 2080. The van der Waals surface area contributed by atoms with Crippen LogP contribution in [-0.4, -0.2) is 83.6 Å². The number of fused-ring (bicyclic) bond motifs is 2. The van der Waals surface area contributed by atoms with Crippen molar-refractivity contribution in [3.05, 3.63) is 124 Å². The molecule has 2 aromatic carbocycles. The quantitative estimate of drug-likeness (QED) is 0.138. The van der Waals surface area contributed by atoms with Crippen LogP contribution in [0.5, 0.6) is 0 Å². The van der Waals surface area contributed by atoms with E-state index in [0.717, 1.165) is 24.3 Å². The van der Waals surface area contributed by atoms with Gasteiger partial charge >= 0.3 is 76.6 Å². The molecule has 4 aromatic heterocycles. The molecule has 0 atom stereocenters. The number of aliphatic hydroxyl groups is 1. The summed E-state index contributed by atoms with van der Waals surface area (Å²) in [6.07, 6.45) is 6.00. The van der Waals surface area contributed by atoms with Gasteiger partial charge in [0.05, 0.1) is 18.3 Å². The zero-order valence-electron chi connectivity index (χ0n) is 28.9. The molecule has 1 fully saturated rings. The second-order valence-corrected chi connectivity index (χ2v) is 24.8. The van der Waals surface area contributed by atoms with Crippen molar-refractivity contribution in [2.75, 3.05) is 20.3 Å². The van der Waals surface area contributed by atoms with E-state index < -0.39 is 42.2 Å². The van der Waals surface area contributed by atoms with E-state index in [1.807, 2.05) is 24.3 Å². The van der Waals surface area contributed by atoms with E-state index in [4.69, 9.17) is 21.6 Å². The molecule has 12 nitrogen and oxygen atoms in total. The van der Waals surface area contributed by atoms with Crippen LogP contribution in [0.25, 0.3) is 33.8 Å². The van der Waals surface area contributed by atoms with E-state index in [1.165, 1.54) is 24.5 Å². The second kappa shape index (κ2) is 23.0. The van der Waals surface area contributed by atoms with Crippen molar-refractivity contribution < 1.29 is 62.4 Å². The number of H-pyrrole nitrogens is 2. The van der Waals surface area contributed by atoms with Crippen molar-refractivity contribution >= 4 is 56.9 Å². The number of halogens is 4. The van der Waals surface area contributed by atoms with Gasteiger partial charge in [-0.3, -0.25) is 9.59 Å². The van der Waals surface area contributed by atoms with Crippen LogP contribution in [0.15, 0.2) is 94.8 Å². The van der Waals surface area contributed by atoms with Gasteiger partial charge < -0.3 is 44.4 Å². The molecule has 0 amide bonds. The summed E-state index contributed by atoms with van der Waals surface area (Å²) in [5.74, 6) is 0.537. The summed E-state index contributed by atoms with van der Waals surface area (Å²) in [6.45, 7) is 5.46. The normalized spacial score (nSPS) is 11.5. The van der Waals surface area contributed by atoms with Crippen LogP contribution in [0.4, 0.5) is 0 Å². The number of esters is 1. The van der Waals surface area contributed by atoms with Crippen LogP contribution in [0.3, 0.4) is 0 Å². The van der Waals surface area contributed by atoms with E-state index in [9.17, 15) is 19.5 Å². The van der Waals surface area contributed by atoms with Gasteiger partial charge in [-0.2, -0.15) is 0 Å². The Morgan fingerprint density at radius 3 is 1.58 bits per heavy atom. The number of rotatable bonds is 4. The smallest absolute Gasteiger partial charge is 2.00 e. The van der Waals surface area contributed by atoms with Crippen molar-refractivity contribution in [3.63, 3.8) is 0 Å². The summed E-state index contributed by atoms with van der Waals surface area (Å²) in [5.41, 5.74) is 17.6. The minimum atomic E-state index is -2.24. The zero-order valence-corrected chi connectivity index (χ0v) is 36.5. The number of ether oxygens (including phenoxy) is 2. The van der Waals surface area contributed by atoms with Gasteiger partial charge in [-0.1, -0.05) is 36.4 Å². The molecule has 0 radical (unpaired) electrons. The topological polar surface area (TPSA) is 156 Å². The first-order valence-corrected chi connectivity index (χ1v) is 26.8. The molecule has 1 aliphatic rings. The number of hydrogen-bond donors (Lipinski definition) is 3. The van der Waals surface area contributed by atoms with Gasteiger partial charge in [0.15, 0.2) is 11.6 Å². The van der Waals surface area contributed by atoms with Crippen LogP contribution >= 0.6 is 16.9 Å². The first-order valence-electron chi connectivity index (χ1n) is 15.0. The fourth-order valence-corrected chi connectivity index (χ4v) is 4.58. The standard InChI is InChI=1S/C15H15N3O2.C14H11N3O3.C4H8O.CH3.Ce.4ClH.Mg/c1-15(2,20)11-7-5-10(6-8-11)13-16-14(19)12-4-3-9-18(12)17-13;1-20-14(19)10-6-4-9(5-7-10)12-15-13(18)11-3-2-8-17(11)16-12;1-2-4-5-3-1;;;;;;;/h3-9,20H,1-2H3,(H,16,17,19);2-8H,1H3,(H,15,16,18);1-4H2;1H3;;4*1H;/q;;;-1;+3;;;;;+2/p-4. The van der Waals surface area contributed by atoms with Crippen LogP contribution < -0.4 is 23.5 Å². The number of aromatic amines is 2. The van der Waals surface area contributed by atoms with Gasteiger partial charge in [-0.15, -0.1) is 10.2 Å². The molecule has 6 aromatic rings. The van der Waals surface area contributed by atoms with E-state index in [-0.39, 0.29) is 54.0 Å². The fraction of sp³-hybridized carbons (Fsp3) is 0.235. The van der Waals surface area contributed by atoms with Gasteiger partial charge in [-0.25, -0.2) is 13.8 Å². The first kappa shape index (κ1) is 48.0. The van der Waals surface area contributed by atoms with Crippen molar-refractivity contribution in [3.8, 4) is 22.8 Å². The molecule has 1 saturated heterocycles. The third-order valence-electron chi connectivity index (χ3n) is 7.07. The van der Waals surface area contributed by atoms with E-state index in [0.29, 0.717) is 33.8 Å². The van der Waals surface area contributed by atoms with Crippen LogP contribution in [0.1, 0.15) is 42.6 Å². The average Bonchev–Trinajstić information content (AvgIpc) is 3.88. The molecular formula is C34H37CeCl4MgN6O6. The number of nitrogens with zero attached hydrogens (tertiary/aromatic N) is 4. The van der Waals surface area contributed by atoms with Crippen molar-refractivity contribution in [1.29, 1.82) is 0 Å². The molecule has 52 heavy (non-hydrogen) atoms. The van der Waals surface area contributed by atoms with Crippen LogP contribution in [0, 0.1) is 38.1 Å². The van der Waals surface area contributed by atoms with Crippen molar-refractivity contribution in [1.82, 2.24) is 29.2 Å². The Labute approximate surface area is 344 Å². The molecule has 7 rings (SSSR count). The molecule has 18 heteroatoms. The predicted molar refractivity (Wildman–Crippen MR) is 199 cm³/mol. The van der Waals surface area contributed by atoms with E-state index >= 15 is 0 Å². The van der Waals surface area contributed by atoms with Gasteiger partial charge in [0, 0.05) is 36.7 Å². The van der Waals surface area contributed by atoms with Gasteiger partial charge in [0.25, 0.3) is 11.1 Å². The summed E-state index contributed by atoms with van der Waals surface area (Å²) >= 11 is -2.24. The molecule has 273 valence electrons. The largest absolute Gasteiger partial charge is 2.00 e. The Morgan fingerprint density at radius 2 is 1.23 bits per heavy atom. The number of carbonyl (C=O) groups is 1. The monoisotopic (exact) mass is 929 g/mol. The van der Waals surface area contributed by atoms with Crippen molar-refractivity contribution in [2.24, 2.45) is 0 Å². The number of methoxy groups -OCH3 is 1. The molecule has 5 heterocycles. The van der Waals surface area contributed by atoms with Gasteiger partial charge in [0.1, 0.15) is 11.0 Å². The first-order chi connectivity index (χ1) is 23.4. The number of hydrogen-bond acceptors (Lipinski definition) is 8. The summed E-state index contributed by atoms with van der Waals surface area (Å²) in [5, 5.41) is 18.6. The zero-order chi connectivity index (χ0) is 35.6. The molecule has 0 bridgehead atoms. The molecule has 0 spiro atoms. The minimum Gasteiger partial charge on any atom is 2.00 e. The number of carbonyl (C=O) groups excluding carboxylic acids is 1. The average molecular weight is 932 g/mol. The van der Waals surface area contributed by atoms with Crippen LogP contribution in [-0.2, 0) is 15.1 Å². The SMILES string of the molecule is C1CCOC1.CC(C)(O)c1ccc(-c2nn3cccc3c(=O)[nH]2)cc1.COC(=O)c1ccc(-c2nn3cccc3c(=O)[nH]2)cc1.[CH3-].[Cl-].[Cl][Ce]([Cl])[Cl].[Mg+2]. The van der Waals surface area contributed by atoms with Crippen LogP contribution in [0.2, 0.25) is 0 Å². The van der Waals surface area contributed by atoms with Gasteiger partial charge in [-0.05, 0) is 68.7 Å². The molecule has 0 aliphatic carbocycles. The summed E-state index contributed by atoms with van der Waals surface area (Å²) in [4.78, 5) is 40.6. The number of nitrogens with one attached hydrogen (secondary N) is 2. The third-order valence-corrected chi connectivity index (χ3v) is 7.07. The summed E-state index contributed by atoms with van der Waals surface area (Å²) in [6, 6.07) is 20.9. The Kier molecular flexibility index (Phi) is 21.2. The Balaban J connectivity index is 0.000000401. The van der Waals surface area contributed by atoms with Gasteiger partial charge in [0.2, 0.25) is 0 Å². The summed E-state index contributed by atoms with van der Waals surface area (Å²) in [7, 11) is 1.33. The molecule has 1 aliphatic heterocycles. The number of aromatic nitrogens is 6. The molecule has 3 N–H and O–H groups in total. The Morgan fingerprint density at radius 1 is 0.827 bits per heavy atom. The molecule has 0 saturated carbocycles. The van der Waals surface area contributed by atoms with E-state index in [1.54, 1.807) is 79.3 Å². The maximum Gasteiger partial charge on any atom is 2.00 e. The Hall–Kier alpha value is -2.03.